The van der Waals surface area contributed by atoms with Crippen LogP contribution in [0.3, 0.4) is 0 Å². The fraction of sp³-hybridized carbons (Fsp3) is 0.538. The molecule has 0 aliphatic rings. The smallest absolute Gasteiger partial charge is 0.416 e. The van der Waals surface area contributed by atoms with Crippen molar-refractivity contribution in [2.75, 3.05) is 14.2 Å². The Morgan fingerprint density at radius 2 is 1.68 bits per heavy atom. The highest BCUT2D eigenvalue weighted by Crippen LogP contribution is 2.42. The summed E-state index contributed by atoms with van der Waals surface area (Å²) in [6.45, 7) is 3.32. The number of ether oxygens (including phenoxy) is 2. The number of hydrogen-bond acceptors (Lipinski definition) is 3. The van der Waals surface area contributed by atoms with Crippen LogP contribution in [-0.4, -0.2) is 19.8 Å². The molecule has 0 fully saturated rings. The zero-order valence-corrected chi connectivity index (χ0v) is 11.4. The molecule has 0 bridgehead atoms. The van der Waals surface area contributed by atoms with Crippen LogP contribution in [0.15, 0.2) is 12.1 Å². The first-order valence-electron chi connectivity index (χ1n) is 5.70. The highest BCUT2D eigenvalue weighted by atomic mass is 19.4. The van der Waals surface area contributed by atoms with Crippen LogP contribution < -0.4 is 15.2 Å². The van der Waals surface area contributed by atoms with Crippen LogP contribution >= 0.6 is 0 Å². The van der Waals surface area contributed by atoms with Crippen LogP contribution in [-0.2, 0) is 12.6 Å². The Bertz CT molecular complexity index is 450. The van der Waals surface area contributed by atoms with E-state index in [1.54, 1.807) is 13.8 Å². The van der Waals surface area contributed by atoms with Crippen LogP contribution in [0.25, 0.3) is 0 Å². The Morgan fingerprint density at radius 1 is 1.11 bits per heavy atom. The van der Waals surface area contributed by atoms with E-state index in [9.17, 15) is 13.2 Å². The number of hydrogen-bond donors (Lipinski definition) is 1. The SMILES string of the molecule is COc1ccc(C(F)(F)F)c(CC(C)(C)N)c1OC. The van der Waals surface area contributed by atoms with Gasteiger partial charge in [-0.2, -0.15) is 13.2 Å². The van der Waals surface area contributed by atoms with Crippen molar-refractivity contribution in [2.45, 2.75) is 32.0 Å². The van der Waals surface area contributed by atoms with Gasteiger partial charge in [0.15, 0.2) is 11.5 Å². The van der Waals surface area contributed by atoms with Gasteiger partial charge >= 0.3 is 6.18 Å². The monoisotopic (exact) mass is 277 g/mol. The van der Waals surface area contributed by atoms with Crippen molar-refractivity contribution in [1.29, 1.82) is 0 Å². The predicted octanol–water partition coefficient (Wildman–Crippen LogP) is 3.00. The second-order valence-electron chi connectivity index (χ2n) is 4.99. The summed E-state index contributed by atoms with van der Waals surface area (Å²) in [7, 11) is 2.69. The van der Waals surface area contributed by atoms with Crippen molar-refractivity contribution >= 4 is 0 Å². The standard InChI is InChI=1S/C13H18F3NO2/c1-12(2,17)7-8-9(13(14,15)16)5-6-10(18-3)11(8)19-4/h5-6H,7,17H2,1-4H3. The molecule has 1 aromatic carbocycles. The van der Waals surface area contributed by atoms with E-state index in [1.807, 2.05) is 0 Å². The van der Waals surface area contributed by atoms with Gasteiger partial charge < -0.3 is 15.2 Å². The highest BCUT2D eigenvalue weighted by Gasteiger charge is 2.36. The summed E-state index contributed by atoms with van der Waals surface area (Å²) < 4.78 is 49.2. The molecule has 0 radical (unpaired) electrons. The third kappa shape index (κ3) is 3.76. The number of nitrogens with two attached hydrogens (primary N) is 1. The largest absolute Gasteiger partial charge is 0.493 e. The molecule has 0 saturated heterocycles. The molecule has 0 aromatic heterocycles. The average molecular weight is 277 g/mol. The van der Waals surface area contributed by atoms with Gasteiger partial charge in [-0.15, -0.1) is 0 Å². The number of benzene rings is 1. The van der Waals surface area contributed by atoms with Gasteiger partial charge in [-0.1, -0.05) is 0 Å². The first kappa shape index (κ1) is 15.6. The van der Waals surface area contributed by atoms with Crippen molar-refractivity contribution in [1.82, 2.24) is 0 Å². The lowest BCUT2D eigenvalue weighted by Crippen LogP contribution is -2.35. The van der Waals surface area contributed by atoms with Crippen molar-refractivity contribution in [2.24, 2.45) is 5.73 Å². The van der Waals surface area contributed by atoms with Gasteiger partial charge in [0.1, 0.15) is 0 Å². The molecule has 0 aliphatic carbocycles. The number of methoxy groups -OCH3 is 2. The summed E-state index contributed by atoms with van der Waals surface area (Å²) >= 11 is 0. The molecule has 1 rings (SSSR count). The molecule has 19 heavy (non-hydrogen) atoms. The quantitative estimate of drug-likeness (QED) is 0.920. The predicted molar refractivity (Wildman–Crippen MR) is 66.5 cm³/mol. The van der Waals surface area contributed by atoms with E-state index in [2.05, 4.69) is 0 Å². The van der Waals surface area contributed by atoms with E-state index in [0.29, 0.717) is 0 Å². The zero-order chi connectivity index (χ0) is 14.8. The molecule has 1 aromatic rings. The maximum absolute atomic E-state index is 13.0. The highest BCUT2D eigenvalue weighted by molar-refractivity contribution is 5.52. The normalized spacial score (nSPS) is 12.4. The summed E-state index contributed by atoms with van der Waals surface area (Å²) in [5.74, 6) is 0.339. The van der Waals surface area contributed by atoms with Crippen LogP contribution in [0.2, 0.25) is 0 Å². The van der Waals surface area contributed by atoms with Gasteiger partial charge in [-0.3, -0.25) is 0 Å². The Hall–Kier alpha value is -1.43. The van der Waals surface area contributed by atoms with Crippen LogP contribution in [0.1, 0.15) is 25.0 Å². The Kier molecular flexibility index (Phi) is 4.35. The number of halogens is 3. The maximum atomic E-state index is 13.0. The first-order chi connectivity index (χ1) is 8.60. The Balaban J connectivity index is 3.49. The van der Waals surface area contributed by atoms with Crippen molar-refractivity contribution in [3.8, 4) is 11.5 Å². The maximum Gasteiger partial charge on any atom is 0.416 e. The van der Waals surface area contributed by atoms with Gasteiger partial charge in [0.2, 0.25) is 0 Å². The van der Waals surface area contributed by atoms with Crippen LogP contribution in [0, 0.1) is 0 Å². The molecule has 0 heterocycles. The van der Waals surface area contributed by atoms with E-state index >= 15 is 0 Å². The molecule has 108 valence electrons. The van der Waals surface area contributed by atoms with Crippen molar-refractivity contribution < 1.29 is 22.6 Å². The topological polar surface area (TPSA) is 44.5 Å². The van der Waals surface area contributed by atoms with E-state index in [0.717, 1.165) is 6.07 Å². The molecule has 0 atom stereocenters. The molecule has 3 nitrogen and oxygen atoms in total. The minimum absolute atomic E-state index is 0.0156. The van der Waals surface area contributed by atoms with E-state index in [4.69, 9.17) is 15.2 Å². The Morgan fingerprint density at radius 3 is 2.05 bits per heavy atom. The van der Waals surface area contributed by atoms with Gasteiger partial charge in [0, 0.05) is 11.1 Å². The van der Waals surface area contributed by atoms with E-state index in [-0.39, 0.29) is 23.5 Å². The average Bonchev–Trinajstić information content (AvgIpc) is 2.24. The molecular formula is C13H18F3NO2. The summed E-state index contributed by atoms with van der Waals surface area (Å²) in [6.07, 6.45) is -4.43. The lowest BCUT2D eigenvalue weighted by Gasteiger charge is -2.24. The summed E-state index contributed by atoms with van der Waals surface area (Å²) in [5.41, 5.74) is 4.31. The number of rotatable bonds is 4. The van der Waals surface area contributed by atoms with Crippen molar-refractivity contribution in [3.05, 3.63) is 23.3 Å². The van der Waals surface area contributed by atoms with Gasteiger partial charge in [-0.25, -0.2) is 0 Å². The Labute approximate surface area is 110 Å². The number of alkyl halides is 3. The van der Waals surface area contributed by atoms with Crippen molar-refractivity contribution in [3.63, 3.8) is 0 Å². The minimum atomic E-state index is -4.46. The molecule has 0 saturated carbocycles. The summed E-state index contributed by atoms with van der Waals surface area (Å²) in [5, 5.41) is 0. The lowest BCUT2D eigenvalue weighted by atomic mass is 9.91. The molecule has 6 heteroatoms. The summed E-state index contributed by atoms with van der Waals surface area (Å²) in [4.78, 5) is 0. The molecule has 0 unspecified atom stereocenters. The molecule has 0 spiro atoms. The second-order valence-corrected chi connectivity index (χ2v) is 4.99. The fourth-order valence-electron chi connectivity index (χ4n) is 1.89. The molecule has 0 aliphatic heterocycles. The van der Waals surface area contributed by atoms with Gasteiger partial charge in [0.05, 0.1) is 19.8 Å². The lowest BCUT2D eigenvalue weighted by molar-refractivity contribution is -0.138. The third-order valence-electron chi connectivity index (χ3n) is 2.59. The minimum Gasteiger partial charge on any atom is -0.493 e. The molecular weight excluding hydrogens is 259 g/mol. The zero-order valence-electron chi connectivity index (χ0n) is 11.4. The molecule has 0 amide bonds. The second kappa shape index (κ2) is 5.28. The van der Waals surface area contributed by atoms with Gasteiger partial charge in [0.25, 0.3) is 0 Å². The van der Waals surface area contributed by atoms with Crippen LogP contribution in [0.5, 0.6) is 11.5 Å². The van der Waals surface area contributed by atoms with Crippen LogP contribution in [0.4, 0.5) is 13.2 Å². The third-order valence-corrected chi connectivity index (χ3v) is 2.59. The first-order valence-corrected chi connectivity index (χ1v) is 5.70. The van der Waals surface area contributed by atoms with E-state index in [1.165, 1.54) is 20.3 Å². The fourth-order valence-corrected chi connectivity index (χ4v) is 1.89. The molecule has 2 N–H and O–H groups in total. The van der Waals surface area contributed by atoms with Gasteiger partial charge in [-0.05, 0) is 32.4 Å². The van der Waals surface area contributed by atoms with E-state index < -0.39 is 17.3 Å². The summed E-state index contributed by atoms with van der Waals surface area (Å²) in [6, 6.07) is 2.23.